The van der Waals surface area contributed by atoms with Gasteiger partial charge >= 0.3 is 0 Å². The summed E-state index contributed by atoms with van der Waals surface area (Å²) in [4.78, 5) is 10.2. The van der Waals surface area contributed by atoms with Gasteiger partial charge < -0.3 is 10.6 Å². The number of rotatable bonds is 7. The molecular formula is C17H32N4S. The van der Waals surface area contributed by atoms with E-state index in [-0.39, 0.29) is 5.41 Å². The molecule has 0 aromatic carbocycles. The highest BCUT2D eigenvalue weighted by Gasteiger charge is 2.19. The summed E-state index contributed by atoms with van der Waals surface area (Å²) >= 11 is 1.79. The first kappa shape index (κ1) is 18.9. The van der Waals surface area contributed by atoms with Gasteiger partial charge in [0.1, 0.15) is 0 Å². The van der Waals surface area contributed by atoms with Crippen molar-refractivity contribution in [1.29, 1.82) is 0 Å². The summed E-state index contributed by atoms with van der Waals surface area (Å²) in [6.45, 7) is 15.1. The van der Waals surface area contributed by atoms with E-state index >= 15 is 0 Å². The zero-order chi connectivity index (χ0) is 16.8. The maximum Gasteiger partial charge on any atom is 0.191 e. The molecule has 0 aliphatic rings. The number of thiazole rings is 1. The second-order valence-electron chi connectivity index (χ2n) is 7.11. The van der Waals surface area contributed by atoms with Gasteiger partial charge in [-0.1, -0.05) is 27.7 Å². The number of guanidine groups is 1. The van der Waals surface area contributed by atoms with Crippen LogP contribution in [-0.2, 0) is 6.42 Å². The fraction of sp³-hybridized carbons (Fsp3) is 0.765. The minimum Gasteiger partial charge on any atom is -0.356 e. The van der Waals surface area contributed by atoms with Crippen molar-refractivity contribution in [2.75, 3.05) is 20.1 Å². The van der Waals surface area contributed by atoms with E-state index in [1.54, 1.807) is 11.3 Å². The Morgan fingerprint density at radius 2 is 1.95 bits per heavy atom. The summed E-state index contributed by atoms with van der Waals surface area (Å²) in [6.07, 6.45) is 2.14. The molecule has 2 N–H and O–H groups in total. The van der Waals surface area contributed by atoms with Crippen molar-refractivity contribution < 1.29 is 0 Å². The average Bonchev–Trinajstić information content (AvgIpc) is 2.71. The third kappa shape index (κ3) is 6.77. The highest BCUT2D eigenvalue weighted by Crippen LogP contribution is 2.23. The van der Waals surface area contributed by atoms with Crippen molar-refractivity contribution in [3.05, 3.63) is 15.6 Å². The van der Waals surface area contributed by atoms with Crippen molar-refractivity contribution in [3.63, 3.8) is 0 Å². The number of hydrogen-bond donors (Lipinski definition) is 2. The van der Waals surface area contributed by atoms with Crippen LogP contribution in [0.3, 0.4) is 0 Å². The number of nitrogens with one attached hydrogen (secondary N) is 2. The van der Waals surface area contributed by atoms with E-state index < -0.39 is 0 Å². The first-order valence-electron chi connectivity index (χ1n) is 8.11. The van der Waals surface area contributed by atoms with Gasteiger partial charge in [0.2, 0.25) is 0 Å². The van der Waals surface area contributed by atoms with E-state index in [9.17, 15) is 0 Å². The van der Waals surface area contributed by atoms with Gasteiger partial charge in [-0.3, -0.25) is 4.99 Å². The molecule has 5 heteroatoms. The van der Waals surface area contributed by atoms with Crippen molar-refractivity contribution in [2.24, 2.45) is 16.3 Å². The SMILES string of the molecule is CN=C(NCCc1nc(C)c(C)s1)NCC(C)(C)CC(C)C. The van der Waals surface area contributed by atoms with Crippen LogP contribution in [0.1, 0.15) is 49.7 Å². The molecule has 0 radical (unpaired) electrons. The standard InChI is InChI=1S/C17H32N4S/c1-12(2)10-17(5,6)11-20-16(18-7)19-9-8-15-21-13(3)14(4)22-15/h12H,8-11H2,1-7H3,(H2,18,19,20). The largest absolute Gasteiger partial charge is 0.356 e. The number of hydrogen-bond acceptors (Lipinski definition) is 3. The van der Waals surface area contributed by atoms with E-state index in [1.165, 1.54) is 16.3 Å². The number of aliphatic imine (C=N–C) groups is 1. The lowest BCUT2D eigenvalue weighted by atomic mass is 9.84. The van der Waals surface area contributed by atoms with Crippen LogP contribution in [0.4, 0.5) is 0 Å². The quantitative estimate of drug-likeness (QED) is 0.596. The Balaban J connectivity index is 2.36. The molecule has 1 aromatic heterocycles. The molecule has 0 unspecified atom stereocenters. The molecule has 0 aliphatic carbocycles. The maximum atomic E-state index is 4.57. The molecule has 0 saturated carbocycles. The van der Waals surface area contributed by atoms with Crippen LogP contribution < -0.4 is 10.6 Å². The second kappa shape index (κ2) is 8.51. The lowest BCUT2D eigenvalue weighted by Gasteiger charge is -2.27. The van der Waals surface area contributed by atoms with Crippen molar-refractivity contribution >= 4 is 17.3 Å². The fourth-order valence-corrected chi connectivity index (χ4v) is 3.59. The molecule has 0 spiro atoms. The van der Waals surface area contributed by atoms with Gasteiger partial charge in [-0.15, -0.1) is 11.3 Å². The highest BCUT2D eigenvalue weighted by molar-refractivity contribution is 7.11. The first-order valence-corrected chi connectivity index (χ1v) is 8.92. The second-order valence-corrected chi connectivity index (χ2v) is 8.40. The van der Waals surface area contributed by atoms with Crippen molar-refractivity contribution in [3.8, 4) is 0 Å². The zero-order valence-electron chi connectivity index (χ0n) is 15.2. The Morgan fingerprint density at radius 1 is 1.27 bits per heavy atom. The summed E-state index contributed by atoms with van der Waals surface area (Å²) in [7, 11) is 1.82. The fourth-order valence-electron chi connectivity index (χ4n) is 2.65. The van der Waals surface area contributed by atoms with E-state index in [0.717, 1.165) is 31.2 Å². The lowest BCUT2D eigenvalue weighted by molar-refractivity contribution is 0.286. The molecule has 0 bridgehead atoms. The molecule has 1 heterocycles. The van der Waals surface area contributed by atoms with Gasteiger partial charge in [0, 0.05) is 31.4 Å². The van der Waals surface area contributed by atoms with Crippen molar-refractivity contribution in [2.45, 2.75) is 54.4 Å². The predicted molar refractivity (Wildman–Crippen MR) is 97.9 cm³/mol. The predicted octanol–water partition coefficient (Wildman–Crippen LogP) is 3.54. The molecule has 0 saturated heterocycles. The molecule has 0 aliphatic heterocycles. The highest BCUT2D eigenvalue weighted by atomic mass is 32.1. The molecule has 0 fully saturated rings. The normalized spacial score (nSPS) is 12.8. The summed E-state index contributed by atoms with van der Waals surface area (Å²) < 4.78 is 0. The van der Waals surface area contributed by atoms with Gasteiger partial charge in [0.25, 0.3) is 0 Å². The smallest absolute Gasteiger partial charge is 0.191 e. The van der Waals surface area contributed by atoms with Gasteiger partial charge in [-0.05, 0) is 31.6 Å². The maximum absolute atomic E-state index is 4.57. The Bertz CT molecular complexity index is 469. The van der Waals surface area contributed by atoms with Crippen LogP contribution in [0.15, 0.2) is 4.99 Å². The average molecular weight is 325 g/mol. The molecule has 1 aromatic rings. The van der Waals surface area contributed by atoms with Crippen LogP contribution in [0.25, 0.3) is 0 Å². The summed E-state index contributed by atoms with van der Waals surface area (Å²) in [5.41, 5.74) is 1.42. The molecule has 1 rings (SSSR count). The van der Waals surface area contributed by atoms with Crippen LogP contribution in [0.5, 0.6) is 0 Å². The Hall–Kier alpha value is -1.10. The Morgan fingerprint density at radius 3 is 2.45 bits per heavy atom. The van der Waals surface area contributed by atoms with Crippen molar-refractivity contribution in [1.82, 2.24) is 15.6 Å². The third-order valence-corrected chi connectivity index (χ3v) is 4.76. The van der Waals surface area contributed by atoms with Gasteiger partial charge in [0.15, 0.2) is 5.96 Å². The van der Waals surface area contributed by atoms with Gasteiger partial charge in [0.05, 0.1) is 10.7 Å². The molecule has 126 valence electrons. The minimum absolute atomic E-state index is 0.273. The summed E-state index contributed by atoms with van der Waals surface area (Å²) in [6, 6.07) is 0. The van der Waals surface area contributed by atoms with Crippen LogP contribution in [-0.4, -0.2) is 31.1 Å². The van der Waals surface area contributed by atoms with Gasteiger partial charge in [-0.2, -0.15) is 0 Å². The topological polar surface area (TPSA) is 49.3 Å². The molecular weight excluding hydrogens is 292 g/mol. The lowest BCUT2D eigenvalue weighted by Crippen LogP contribution is -2.43. The van der Waals surface area contributed by atoms with Crippen LogP contribution in [0.2, 0.25) is 0 Å². The van der Waals surface area contributed by atoms with Crippen LogP contribution in [0, 0.1) is 25.2 Å². The van der Waals surface area contributed by atoms with E-state index in [4.69, 9.17) is 0 Å². The zero-order valence-corrected chi connectivity index (χ0v) is 16.0. The van der Waals surface area contributed by atoms with E-state index in [0.29, 0.717) is 5.92 Å². The van der Waals surface area contributed by atoms with Gasteiger partial charge in [-0.25, -0.2) is 4.98 Å². The van der Waals surface area contributed by atoms with E-state index in [1.807, 2.05) is 7.05 Å². The van der Waals surface area contributed by atoms with E-state index in [2.05, 4.69) is 62.2 Å². The minimum atomic E-state index is 0.273. The Kier molecular flexibility index (Phi) is 7.33. The van der Waals surface area contributed by atoms with Crippen LogP contribution >= 0.6 is 11.3 Å². The summed E-state index contributed by atoms with van der Waals surface area (Å²) in [5.74, 6) is 1.59. The summed E-state index contributed by atoms with van der Waals surface area (Å²) in [5, 5.41) is 8.01. The first-order chi connectivity index (χ1) is 10.2. The molecule has 22 heavy (non-hydrogen) atoms. The molecule has 0 atom stereocenters. The molecule has 4 nitrogen and oxygen atoms in total. The number of aryl methyl sites for hydroxylation is 2. The monoisotopic (exact) mass is 324 g/mol. The number of nitrogens with zero attached hydrogens (tertiary/aromatic N) is 2. The molecule has 0 amide bonds. The third-order valence-electron chi connectivity index (χ3n) is 3.62. The Labute approximate surface area is 139 Å². The number of aromatic nitrogens is 1.